The van der Waals surface area contributed by atoms with Crippen LogP contribution in [0.15, 0.2) is 52.0 Å². The van der Waals surface area contributed by atoms with Crippen LogP contribution in [-0.4, -0.2) is 25.8 Å². The third-order valence-electron chi connectivity index (χ3n) is 2.97. The van der Waals surface area contributed by atoms with E-state index in [1.54, 1.807) is 49.7 Å². The van der Waals surface area contributed by atoms with Crippen molar-refractivity contribution in [2.24, 2.45) is 5.10 Å². The van der Waals surface area contributed by atoms with Crippen LogP contribution in [0.25, 0.3) is 0 Å². The van der Waals surface area contributed by atoms with E-state index in [4.69, 9.17) is 9.47 Å². The molecule has 0 spiro atoms. The number of hydrazone groups is 1. The number of methoxy groups -OCH3 is 1. The molecule has 0 bridgehead atoms. The van der Waals surface area contributed by atoms with E-state index in [9.17, 15) is 4.79 Å². The number of carbonyl (C=O) groups excluding carboxylic acids is 1. The van der Waals surface area contributed by atoms with E-state index < -0.39 is 0 Å². The van der Waals surface area contributed by atoms with E-state index in [0.717, 1.165) is 10.0 Å². The van der Waals surface area contributed by atoms with Gasteiger partial charge in [0, 0.05) is 10.0 Å². The fourth-order valence-corrected chi connectivity index (χ4v) is 2.14. The Kier molecular flexibility index (Phi) is 6.17. The van der Waals surface area contributed by atoms with Crippen molar-refractivity contribution in [1.29, 1.82) is 0 Å². The number of rotatable bonds is 6. The minimum Gasteiger partial charge on any atom is -0.493 e. The molecule has 6 heteroatoms. The molecule has 2 aromatic rings. The summed E-state index contributed by atoms with van der Waals surface area (Å²) in [5.74, 6) is 1.02. The van der Waals surface area contributed by atoms with Gasteiger partial charge in [-0.05, 0) is 55.0 Å². The highest BCUT2D eigenvalue weighted by molar-refractivity contribution is 9.10. The topological polar surface area (TPSA) is 59.9 Å². The number of ether oxygens (including phenoxy) is 2. The first kappa shape index (κ1) is 17.0. The van der Waals surface area contributed by atoms with Crippen LogP contribution in [0.1, 0.15) is 22.8 Å². The second kappa shape index (κ2) is 8.33. The highest BCUT2D eigenvalue weighted by Crippen LogP contribution is 2.27. The molecule has 1 N–H and O–H groups in total. The Balaban J connectivity index is 2.03. The van der Waals surface area contributed by atoms with Gasteiger partial charge < -0.3 is 9.47 Å². The normalized spacial score (nSPS) is 10.6. The smallest absolute Gasteiger partial charge is 0.271 e. The van der Waals surface area contributed by atoms with Crippen molar-refractivity contribution in [2.45, 2.75) is 6.92 Å². The van der Waals surface area contributed by atoms with Gasteiger partial charge in [-0.1, -0.05) is 15.9 Å². The van der Waals surface area contributed by atoms with E-state index in [1.165, 1.54) is 0 Å². The van der Waals surface area contributed by atoms with Gasteiger partial charge in [0.15, 0.2) is 11.5 Å². The molecule has 1 amide bonds. The van der Waals surface area contributed by atoms with E-state index in [0.29, 0.717) is 23.7 Å². The number of hydrogen-bond donors (Lipinski definition) is 1. The van der Waals surface area contributed by atoms with Crippen molar-refractivity contribution in [3.05, 3.63) is 58.1 Å². The summed E-state index contributed by atoms with van der Waals surface area (Å²) in [7, 11) is 1.59. The predicted octanol–water partition coefficient (Wildman–Crippen LogP) is 3.62. The first-order valence-electron chi connectivity index (χ1n) is 7.04. The lowest BCUT2D eigenvalue weighted by Crippen LogP contribution is -2.17. The molecule has 0 radical (unpaired) electrons. The van der Waals surface area contributed by atoms with Crippen molar-refractivity contribution in [1.82, 2.24) is 5.43 Å². The molecule has 120 valence electrons. The Hall–Kier alpha value is -2.34. The van der Waals surface area contributed by atoms with Gasteiger partial charge in [-0.25, -0.2) is 5.43 Å². The molecule has 2 aromatic carbocycles. The minimum atomic E-state index is -0.271. The molecule has 5 nitrogen and oxygen atoms in total. The number of nitrogens with one attached hydrogen (secondary N) is 1. The Morgan fingerprint density at radius 3 is 2.61 bits per heavy atom. The molecule has 0 heterocycles. The summed E-state index contributed by atoms with van der Waals surface area (Å²) in [5.41, 5.74) is 3.82. The lowest BCUT2D eigenvalue weighted by molar-refractivity contribution is 0.0955. The molecule has 0 unspecified atom stereocenters. The molecule has 0 saturated heterocycles. The molecule has 0 aliphatic rings. The predicted molar refractivity (Wildman–Crippen MR) is 93.4 cm³/mol. The molecule has 0 saturated carbocycles. The maximum atomic E-state index is 11.9. The molecular weight excluding hydrogens is 360 g/mol. The lowest BCUT2D eigenvalue weighted by atomic mass is 10.2. The third kappa shape index (κ3) is 4.82. The van der Waals surface area contributed by atoms with Crippen LogP contribution in [0.4, 0.5) is 0 Å². The number of halogens is 1. The van der Waals surface area contributed by atoms with E-state index in [1.807, 2.05) is 13.0 Å². The van der Waals surface area contributed by atoms with Crippen molar-refractivity contribution in [3.8, 4) is 11.5 Å². The summed E-state index contributed by atoms with van der Waals surface area (Å²) in [6.45, 7) is 2.44. The zero-order valence-electron chi connectivity index (χ0n) is 12.9. The van der Waals surface area contributed by atoms with Crippen LogP contribution in [-0.2, 0) is 0 Å². The van der Waals surface area contributed by atoms with Gasteiger partial charge in [0.2, 0.25) is 0 Å². The first-order chi connectivity index (χ1) is 11.1. The Morgan fingerprint density at radius 2 is 1.96 bits per heavy atom. The standard InChI is InChI=1S/C17H17BrN2O3/c1-3-23-16-10-12(4-9-15(16)22-2)11-19-20-17(21)13-5-7-14(18)8-6-13/h4-11H,3H2,1-2H3,(H,20,21)/b19-11-. The maximum Gasteiger partial charge on any atom is 0.271 e. The number of nitrogens with zero attached hydrogens (tertiary/aromatic N) is 1. The Bertz CT molecular complexity index is 699. The van der Waals surface area contributed by atoms with Gasteiger partial charge in [0.1, 0.15) is 0 Å². The van der Waals surface area contributed by atoms with E-state index in [-0.39, 0.29) is 5.91 Å². The van der Waals surface area contributed by atoms with Crippen molar-refractivity contribution < 1.29 is 14.3 Å². The number of carbonyl (C=O) groups is 1. The fourth-order valence-electron chi connectivity index (χ4n) is 1.87. The molecule has 2 rings (SSSR count). The Labute approximate surface area is 143 Å². The molecule has 0 aliphatic carbocycles. The van der Waals surface area contributed by atoms with Gasteiger partial charge in [0.25, 0.3) is 5.91 Å². The molecule has 0 aliphatic heterocycles. The van der Waals surface area contributed by atoms with Crippen LogP contribution in [0.2, 0.25) is 0 Å². The van der Waals surface area contributed by atoms with Gasteiger partial charge in [0.05, 0.1) is 19.9 Å². The number of amides is 1. The van der Waals surface area contributed by atoms with Gasteiger partial charge >= 0.3 is 0 Å². The average molecular weight is 377 g/mol. The lowest BCUT2D eigenvalue weighted by Gasteiger charge is -2.09. The van der Waals surface area contributed by atoms with Crippen LogP contribution >= 0.6 is 15.9 Å². The Morgan fingerprint density at radius 1 is 1.22 bits per heavy atom. The molecule has 0 fully saturated rings. The van der Waals surface area contributed by atoms with Crippen LogP contribution in [0.3, 0.4) is 0 Å². The summed E-state index contributed by atoms with van der Waals surface area (Å²) >= 11 is 3.33. The molecule has 0 atom stereocenters. The average Bonchev–Trinajstić information content (AvgIpc) is 2.56. The monoisotopic (exact) mass is 376 g/mol. The molecule has 23 heavy (non-hydrogen) atoms. The zero-order valence-corrected chi connectivity index (χ0v) is 14.5. The maximum absolute atomic E-state index is 11.9. The van der Waals surface area contributed by atoms with Crippen molar-refractivity contribution >= 4 is 28.1 Å². The van der Waals surface area contributed by atoms with E-state index >= 15 is 0 Å². The number of benzene rings is 2. The number of hydrogen-bond acceptors (Lipinski definition) is 4. The van der Waals surface area contributed by atoms with Crippen LogP contribution in [0, 0.1) is 0 Å². The second-order valence-electron chi connectivity index (χ2n) is 4.55. The van der Waals surface area contributed by atoms with Crippen molar-refractivity contribution in [2.75, 3.05) is 13.7 Å². The first-order valence-corrected chi connectivity index (χ1v) is 7.83. The summed E-state index contributed by atoms with van der Waals surface area (Å²) in [6, 6.07) is 12.5. The van der Waals surface area contributed by atoms with Crippen molar-refractivity contribution in [3.63, 3.8) is 0 Å². The van der Waals surface area contributed by atoms with Crippen LogP contribution in [0.5, 0.6) is 11.5 Å². The fraction of sp³-hybridized carbons (Fsp3) is 0.176. The minimum absolute atomic E-state index is 0.271. The van der Waals surface area contributed by atoms with Gasteiger partial charge in [-0.15, -0.1) is 0 Å². The third-order valence-corrected chi connectivity index (χ3v) is 3.50. The molecular formula is C17H17BrN2O3. The summed E-state index contributed by atoms with van der Waals surface area (Å²) in [6.07, 6.45) is 1.55. The summed E-state index contributed by atoms with van der Waals surface area (Å²) in [4.78, 5) is 11.9. The largest absolute Gasteiger partial charge is 0.493 e. The van der Waals surface area contributed by atoms with E-state index in [2.05, 4.69) is 26.5 Å². The highest BCUT2D eigenvalue weighted by Gasteiger charge is 2.05. The molecule has 0 aromatic heterocycles. The summed E-state index contributed by atoms with van der Waals surface area (Å²) in [5, 5.41) is 3.96. The summed E-state index contributed by atoms with van der Waals surface area (Å²) < 4.78 is 11.6. The van der Waals surface area contributed by atoms with Gasteiger partial charge in [-0.3, -0.25) is 4.79 Å². The van der Waals surface area contributed by atoms with Gasteiger partial charge in [-0.2, -0.15) is 5.10 Å². The quantitative estimate of drug-likeness (QED) is 0.618. The van der Waals surface area contributed by atoms with Crippen LogP contribution < -0.4 is 14.9 Å². The zero-order chi connectivity index (χ0) is 16.7. The SMILES string of the molecule is CCOc1cc(/C=N\NC(=O)c2ccc(Br)cc2)ccc1OC. The second-order valence-corrected chi connectivity index (χ2v) is 5.47. The highest BCUT2D eigenvalue weighted by atomic mass is 79.9.